The number of aromatic nitrogens is 1. The predicted molar refractivity (Wildman–Crippen MR) is 158 cm³/mol. The largest absolute Gasteiger partial charge is 0.309 e. The summed E-state index contributed by atoms with van der Waals surface area (Å²) in [6.07, 6.45) is 0. The standard InChI is InChI=1S/C30H25I2N/c1-17-23-13-19(31)7-11-22(23)25-15-27-26-14-20(32)8-12-28(26)33(29(27)16-24(17)25)21-9-5-18(6-10-21)30(2,3)4/h5-17H,1-4H3. The van der Waals surface area contributed by atoms with Crippen molar-refractivity contribution in [1.82, 2.24) is 4.57 Å². The molecular formula is C30H25I2N. The maximum atomic E-state index is 2.45. The average Bonchev–Trinajstić information content (AvgIpc) is 3.23. The first-order chi connectivity index (χ1) is 15.7. The molecule has 0 amide bonds. The van der Waals surface area contributed by atoms with E-state index in [-0.39, 0.29) is 5.41 Å². The monoisotopic (exact) mass is 653 g/mol. The zero-order valence-electron chi connectivity index (χ0n) is 19.2. The van der Waals surface area contributed by atoms with Gasteiger partial charge in [-0.15, -0.1) is 0 Å². The van der Waals surface area contributed by atoms with Crippen LogP contribution < -0.4 is 0 Å². The van der Waals surface area contributed by atoms with E-state index in [2.05, 4.69) is 150 Å². The van der Waals surface area contributed by atoms with Crippen molar-refractivity contribution < 1.29 is 0 Å². The number of fused-ring (bicyclic) bond motifs is 6. The molecule has 1 atom stereocenters. The lowest BCUT2D eigenvalue weighted by Crippen LogP contribution is -2.10. The zero-order valence-corrected chi connectivity index (χ0v) is 23.5. The molecule has 0 bridgehead atoms. The summed E-state index contributed by atoms with van der Waals surface area (Å²) < 4.78 is 5.03. The minimum Gasteiger partial charge on any atom is -0.309 e. The Kier molecular flexibility index (Phi) is 4.97. The van der Waals surface area contributed by atoms with E-state index in [1.807, 2.05) is 0 Å². The van der Waals surface area contributed by atoms with Gasteiger partial charge in [0.15, 0.2) is 0 Å². The Morgan fingerprint density at radius 1 is 0.667 bits per heavy atom. The minimum atomic E-state index is 0.148. The van der Waals surface area contributed by atoms with Crippen LogP contribution in [0.5, 0.6) is 0 Å². The summed E-state index contributed by atoms with van der Waals surface area (Å²) in [4.78, 5) is 0. The molecule has 0 fully saturated rings. The highest BCUT2D eigenvalue weighted by atomic mass is 127. The number of nitrogens with zero attached hydrogens (tertiary/aromatic N) is 1. The predicted octanol–water partition coefficient (Wildman–Crippen LogP) is 9.42. The molecule has 0 radical (unpaired) electrons. The molecular weight excluding hydrogens is 628 g/mol. The molecule has 33 heavy (non-hydrogen) atoms. The summed E-state index contributed by atoms with van der Waals surface area (Å²) in [5, 5.41) is 2.66. The second kappa shape index (κ2) is 7.57. The first kappa shape index (κ1) is 21.7. The molecule has 0 N–H and O–H groups in total. The fraction of sp³-hybridized carbons (Fsp3) is 0.200. The molecule has 4 aromatic carbocycles. The van der Waals surface area contributed by atoms with E-state index in [1.54, 1.807) is 0 Å². The van der Waals surface area contributed by atoms with Crippen molar-refractivity contribution in [3.05, 3.63) is 96.6 Å². The average molecular weight is 653 g/mol. The Morgan fingerprint density at radius 2 is 1.30 bits per heavy atom. The third kappa shape index (κ3) is 3.37. The Morgan fingerprint density at radius 3 is 2.03 bits per heavy atom. The molecule has 1 unspecified atom stereocenters. The quantitative estimate of drug-likeness (QED) is 0.159. The molecule has 1 aromatic heterocycles. The van der Waals surface area contributed by atoms with Crippen LogP contribution in [0.4, 0.5) is 0 Å². The van der Waals surface area contributed by atoms with Gasteiger partial charge in [0.1, 0.15) is 0 Å². The first-order valence-corrected chi connectivity index (χ1v) is 13.6. The van der Waals surface area contributed by atoms with Crippen LogP contribution >= 0.6 is 45.2 Å². The molecule has 0 saturated heterocycles. The highest BCUT2D eigenvalue weighted by Crippen LogP contribution is 2.48. The van der Waals surface area contributed by atoms with Crippen LogP contribution in [0.2, 0.25) is 0 Å². The van der Waals surface area contributed by atoms with Gasteiger partial charge in [0, 0.05) is 29.5 Å². The molecule has 0 saturated carbocycles. The summed E-state index contributed by atoms with van der Waals surface area (Å²) in [6.45, 7) is 9.16. The molecule has 6 rings (SSSR count). The van der Waals surface area contributed by atoms with Gasteiger partial charge < -0.3 is 4.57 Å². The second-order valence-corrected chi connectivity index (χ2v) is 12.7. The van der Waals surface area contributed by atoms with Gasteiger partial charge in [-0.3, -0.25) is 0 Å². The molecule has 164 valence electrons. The Labute approximate surface area is 222 Å². The number of rotatable bonds is 1. The zero-order chi connectivity index (χ0) is 23.1. The minimum absolute atomic E-state index is 0.148. The van der Waals surface area contributed by atoms with Gasteiger partial charge in [-0.25, -0.2) is 0 Å². The van der Waals surface area contributed by atoms with E-state index in [0.717, 1.165) is 0 Å². The van der Waals surface area contributed by atoms with E-state index >= 15 is 0 Å². The van der Waals surface area contributed by atoms with Gasteiger partial charge in [0.25, 0.3) is 0 Å². The Bertz CT molecular complexity index is 1570. The SMILES string of the molecule is CC1c2cc(I)ccc2-c2cc3c4cc(I)ccc4n(-c4ccc(C(C)(C)C)cc4)c3cc21. The Balaban J connectivity index is 1.66. The van der Waals surface area contributed by atoms with E-state index in [4.69, 9.17) is 0 Å². The lowest BCUT2D eigenvalue weighted by Gasteiger charge is -2.19. The summed E-state index contributed by atoms with van der Waals surface area (Å²) in [5.41, 5.74) is 11.0. The first-order valence-electron chi connectivity index (χ1n) is 11.4. The summed E-state index contributed by atoms with van der Waals surface area (Å²) in [5.74, 6) is 0.406. The van der Waals surface area contributed by atoms with Crippen molar-refractivity contribution in [3.63, 3.8) is 0 Å². The fourth-order valence-corrected chi connectivity index (χ4v) is 6.35. The maximum absolute atomic E-state index is 2.45. The number of benzene rings is 4. The van der Waals surface area contributed by atoms with Crippen LogP contribution in [0.15, 0.2) is 72.8 Å². The van der Waals surface area contributed by atoms with E-state index in [9.17, 15) is 0 Å². The highest BCUT2D eigenvalue weighted by molar-refractivity contribution is 14.1. The van der Waals surface area contributed by atoms with Crippen molar-refractivity contribution in [2.45, 2.75) is 39.0 Å². The van der Waals surface area contributed by atoms with Crippen LogP contribution in [-0.4, -0.2) is 4.57 Å². The molecule has 5 aromatic rings. The normalized spacial score (nSPS) is 15.3. The molecule has 0 spiro atoms. The van der Waals surface area contributed by atoms with Crippen molar-refractivity contribution >= 4 is 67.0 Å². The van der Waals surface area contributed by atoms with Crippen molar-refractivity contribution in [2.24, 2.45) is 0 Å². The lowest BCUT2D eigenvalue weighted by atomic mass is 9.87. The third-order valence-electron chi connectivity index (χ3n) is 7.13. The van der Waals surface area contributed by atoms with Crippen LogP contribution in [0.1, 0.15) is 50.3 Å². The van der Waals surface area contributed by atoms with Gasteiger partial charge in [0.05, 0.1) is 11.0 Å². The van der Waals surface area contributed by atoms with E-state index in [1.165, 1.54) is 62.5 Å². The summed E-state index contributed by atoms with van der Waals surface area (Å²) in [6, 6.07) is 27.7. The van der Waals surface area contributed by atoms with Gasteiger partial charge in [-0.05, 0) is 133 Å². The van der Waals surface area contributed by atoms with Gasteiger partial charge >= 0.3 is 0 Å². The molecule has 1 nitrogen and oxygen atoms in total. The lowest BCUT2D eigenvalue weighted by molar-refractivity contribution is 0.590. The second-order valence-electron chi connectivity index (χ2n) is 10.2. The van der Waals surface area contributed by atoms with Crippen LogP contribution in [0.25, 0.3) is 38.6 Å². The summed E-state index contributed by atoms with van der Waals surface area (Å²) >= 11 is 4.86. The smallest absolute Gasteiger partial charge is 0.0544 e. The topological polar surface area (TPSA) is 4.93 Å². The number of hydrogen-bond donors (Lipinski definition) is 0. The van der Waals surface area contributed by atoms with Crippen LogP contribution in [0, 0.1) is 7.14 Å². The van der Waals surface area contributed by atoms with Gasteiger partial charge in [0.2, 0.25) is 0 Å². The Hall–Kier alpha value is -1.86. The molecule has 3 heteroatoms. The van der Waals surface area contributed by atoms with Gasteiger partial charge in [-0.1, -0.05) is 45.9 Å². The van der Waals surface area contributed by atoms with Crippen LogP contribution in [-0.2, 0) is 5.41 Å². The van der Waals surface area contributed by atoms with E-state index < -0.39 is 0 Å². The van der Waals surface area contributed by atoms with Crippen molar-refractivity contribution in [1.29, 1.82) is 0 Å². The van der Waals surface area contributed by atoms with Crippen molar-refractivity contribution in [3.8, 4) is 16.8 Å². The number of halogens is 2. The van der Waals surface area contributed by atoms with Gasteiger partial charge in [-0.2, -0.15) is 0 Å². The van der Waals surface area contributed by atoms with Crippen molar-refractivity contribution in [2.75, 3.05) is 0 Å². The molecule has 1 aliphatic rings. The highest BCUT2D eigenvalue weighted by Gasteiger charge is 2.28. The molecule has 1 heterocycles. The van der Waals surface area contributed by atoms with Crippen LogP contribution in [0.3, 0.4) is 0 Å². The molecule has 1 aliphatic carbocycles. The third-order valence-corrected chi connectivity index (χ3v) is 8.47. The summed E-state index contributed by atoms with van der Waals surface area (Å²) in [7, 11) is 0. The number of hydrogen-bond acceptors (Lipinski definition) is 0. The fourth-order valence-electron chi connectivity index (χ4n) is 5.34. The maximum Gasteiger partial charge on any atom is 0.0544 e. The molecule has 0 aliphatic heterocycles. The van der Waals surface area contributed by atoms with E-state index in [0.29, 0.717) is 5.92 Å².